The Bertz CT molecular complexity index is 1400. The second kappa shape index (κ2) is 11.0. The summed E-state index contributed by atoms with van der Waals surface area (Å²) in [5, 5.41) is 0. The molecule has 4 rings (SSSR count). The largest absolute Gasteiger partial charge is 0.490 e. The van der Waals surface area contributed by atoms with Crippen molar-refractivity contribution >= 4 is 78.4 Å². The van der Waals surface area contributed by atoms with Gasteiger partial charge < -0.3 is 14.2 Å². The van der Waals surface area contributed by atoms with Gasteiger partial charge in [0, 0.05) is 13.6 Å². The van der Waals surface area contributed by atoms with E-state index in [1.54, 1.807) is 36.4 Å². The Kier molecular flexibility index (Phi) is 8.08. The van der Waals surface area contributed by atoms with Gasteiger partial charge in [-0.15, -0.1) is 0 Å². The highest BCUT2D eigenvalue weighted by molar-refractivity contribution is 14.1. The molecule has 3 aromatic carbocycles. The van der Waals surface area contributed by atoms with Gasteiger partial charge in [0.25, 0.3) is 0 Å². The summed E-state index contributed by atoms with van der Waals surface area (Å²) in [6.45, 7) is 4.09. The molecule has 178 valence electrons. The first-order chi connectivity index (χ1) is 16.7. The van der Waals surface area contributed by atoms with Crippen molar-refractivity contribution in [2.75, 3.05) is 6.61 Å². The molecular weight excluding hydrogens is 693 g/mol. The average molecular weight is 711 g/mol. The molecule has 0 radical (unpaired) electrons. The fourth-order valence-electron chi connectivity index (χ4n) is 3.28. The van der Waals surface area contributed by atoms with Gasteiger partial charge >= 0.3 is 11.9 Å². The second-order valence-electron chi connectivity index (χ2n) is 7.49. The highest BCUT2D eigenvalue weighted by Crippen LogP contribution is 2.38. The third-order valence-electron chi connectivity index (χ3n) is 4.87. The van der Waals surface area contributed by atoms with Gasteiger partial charge in [-0.1, -0.05) is 17.7 Å². The predicted octanol–water partition coefficient (Wildman–Crippen LogP) is 7.09. The Morgan fingerprint density at radius 2 is 1.91 bits per heavy atom. The fraction of sp³-hybridized carbons (Fsp3) is 0.115. The monoisotopic (exact) mass is 709 g/mol. The van der Waals surface area contributed by atoms with Gasteiger partial charge in [0.1, 0.15) is 0 Å². The van der Waals surface area contributed by atoms with Gasteiger partial charge in [-0.3, -0.25) is 0 Å². The number of benzene rings is 3. The van der Waals surface area contributed by atoms with E-state index >= 15 is 0 Å². The van der Waals surface area contributed by atoms with Gasteiger partial charge in [-0.05, 0) is 122 Å². The molecule has 0 spiro atoms. The molecule has 1 aliphatic heterocycles. The predicted molar refractivity (Wildman–Crippen MR) is 149 cm³/mol. The third kappa shape index (κ3) is 6.02. The standard InChI is InChI=1S/C26H18Br2INO5/c1-3-33-22-12-15(10-19(28)23(22)34-25(31)17-6-4-5-14(2)9-17)11-21-26(32)35-24(30-21)16-7-8-20(29)18(27)13-16/h4-13H,3H2,1-2H3/b21-11-. The molecule has 9 heteroatoms. The van der Waals surface area contributed by atoms with Crippen LogP contribution < -0.4 is 9.47 Å². The van der Waals surface area contributed by atoms with Crippen molar-refractivity contribution in [2.45, 2.75) is 13.8 Å². The van der Waals surface area contributed by atoms with E-state index in [4.69, 9.17) is 14.2 Å². The molecule has 0 fully saturated rings. The minimum Gasteiger partial charge on any atom is -0.490 e. The number of cyclic esters (lactones) is 1. The van der Waals surface area contributed by atoms with Crippen LogP contribution in [0.4, 0.5) is 0 Å². The Morgan fingerprint density at radius 3 is 2.63 bits per heavy atom. The SMILES string of the molecule is CCOc1cc(/C=C2\N=C(c3ccc(I)c(Br)c3)OC2=O)cc(Br)c1OC(=O)c1cccc(C)c1. The van der Waals surface area contributed by atoms with Gasteiger partial charge in [0.15, 0.2) is 17.2 Å². The van der Waals surface area contributed by atoms with E-state index in [9.17, 15) is 9.59 Å². The van der Waals surface area contributed by atoms with Crippen LogP contribution in [-0.2, 0) is 9.53 Å². The summed E-state index contributed by atoms with van der Waals surface area (Å²) < 4.78 is 19.2. The molecular formula is C26H18Br2INO5. The zero-order chi connectivity index (χ0) is 25.1. The smallest absolute Gasteiger partial charge is 0.363 e. The molecule has 0 saturated carbocycles. The lowest BCUT2D eigenvalue weighted by atomic mass is 10.1. The van der Waals surface area contributed by atoms with Gasteiger partial charge in [-0.2, -0.15) is 0 Å². The highest BCUT2D eigenvalue weighted by atomic mass is 127. The van der Waals surface area contributed by atoms with E-state index in [0.29, 0.717) is 33.5 Å². The topological polar surface area (TPSA) is 74.2 Å². The van der Waals surface area contributed by atoms with Crippen LogP contribution in [0, 0.1) is 10.5 Å². The summed E-state index contributed by atoms with van der Waals surface area (Å²) in [5.74, 6) is -0.224. The van der Waals surface area contributed by atoms with Crippen LogP contribution in [0.3, 0.4) is 0 Å². The molecule has 0 unspecified atom stereocenters. The quantitative estimate of drug-likeness (QED) is 0.118. The molecule has 1 aliphatic rings. The number of ether oxygens (including phenoxy) is 3. The second-order valence-corrected chi connectivity index (χ2v) is 10.4. The lowest BCUT2D eigenvalue weighted by molar-refractivity contribution is -0.129. The number of halogens is 3. The highest BCUT2D eigenvalue weighted by Gasteiger charge is 2.25. The van der Waals surface area contributed by atoms with E-state index in [-0.39, 0.29) is 17.3 Å². The first-order valence-corrected chi connectivity index (χ1v) is 13.1. The maximum Gasteiger partial charge on any atom is 0.363 e. The molecule has 0 aromatic heterocycles. The molecule has 35 heavy (non-hydrogen) atoms. The number of hydrogen-bond donors (Lipinski definition) is 0. The van der Waals surface area contributed by atoms with E-state index in [2.05, 4.69) is 59.4 Å². The first-order valence-electron chi connectivity index (χ1n) is 10.5. The number of rotatable bonds is 6. The molecule has 0 N–H and O–H groups in total. The maximum atomic E-state index is 12.7. The van der Waals surface area contributed by atoms with Crippen molar-refractivity contribution < 1.29 is 23.8 Å². The maximum absolute atomic E-state index is 12.7. The Labute approximate surface area is 232 Å². The number of hydrogen-bond acceptors (Lipinski definition) is 6. The van der Waals surface area contributed by atoms with Crippen LogP contribution in [0.15, 0.2) is 74.2 Å². The Hall–Kier alpha value is -2.50. The zero-order valence-corrected chi connectivity index (χ0v) is 23.9. The summed E-state index contributed by atoms with van der Waals surface area (Å²) in [5.41, 5.74) is 2.84. The van der Waals surface area contributed by atoms with E-state index < -0.39 is 11.9 Å². The van der Waals surface area contributed by atoms with Gasteiger partial charge in [0.05, 0.1) is 16.6 Å². The van der Waals surface area contributed by atoms with Crippen molar-refractivity contribution in [2.24, 2.45) is 4.99 Å². The van der Waals surface area contributed by atoms with Crippen LogP contribution in [0.2, 0.25) is 0 Å². The molecule has 3 aromatic rings. The summed E-state index contributed by atoms with van der Waals surface area (Å²) >= 11 is 9.15. The summed E-state index contributed by atoms with van der Waals surface area (Å²) in [6.07, 6.45) is 1.59. The molecule has 0 bridgehead atoms. The van der Waals surface area contributed by atoms with Crippen LogP contribution in [0.25, 0.3) is 6.08 Å². The van der Waals surface area contributed by atoms with Crippen molar-refractivity contribution in [3.05, 3.63) is 95.1 Å². The van der Waals surface area contributed by atoms with Crippen LogP contribution in [-0.4, -0.2) is 24.4 Å². The summed E-state index contributed by atoms with van der Waals surface area (Å²) in [4.78, 5) is 29.6. The van der Waals surface area contributed by atoms with Gasteiger partial charge in [-0.25, -0.2) is 14.6 Å². The van der Waals surface area contributed by atoms with E-state index in [0.717, 1.165) is 13.6 Å². The summed E-state index contributed by atoms with van der Waals surface area (Å²) in [6, 6.07) is 16.1. The zero-order valence-electron chi connectivity index (χ0n) is 18.6. The van der Waals surface area contributed by atoms with Crippen molar-refractivity contribution in [1.82, 2.24) is 0 Å². The third-order valence-corrected chi connectivity index (χ3v) is 7.80. The molecule has 0 aliphatic carbocycles. The normalized spacial score (nSPS) is 14.0. The lowest BCUT2D eigenvalue weighted by Crippen LogP contribution is -2.10. The minimum absolute atomic E-state index is 0.147. The molecule has 0 amide bonds. The van der Waals surface area contributed by atoms with Crippen LogP contribution in [0.5, 0.6) is 11.5 Å². The van der Waals surface area contributed by atoms with E-state index in [1.807, 2.05) is 38.1 Å². The number of carbonyl (C=O) groups is 2. The first kappa shape index (κ1) is 25.6. The minimum atomic E-state index is -0.557. The molecule has 0 saturated heterocycles. The Morgan fingerprint density at radius 1 is 1.11 bits per heavy atom. The van der Waals surface area contributed by atoms with Crippen molar-refractivity contribution in [1.29, 1.82) is 0 Å². The Balaban J connectivity index is 1.65. The van der Waals surface area contributed by atoms with E-state index in [1.165, 1.54) is 0 Å². The molecule has 0 atom stereocenters. The molecule has 6 nitrogen and oxygen atoms in total. The summed E-state index contributed by atoms with van der Waals surface area (Å²) in [7, 11) is 0. The average Bonchev–Trinajstić information content (AvgIpc) is 3.18. The number of nitrogens with zero attached hydrogens (tertiary/aromatic N) is 1. The number of aryl methyl sites for hydroxylation is 1. The van der Waals surface area contributed by atoms with Gasteiger partial charge in [0.2, 0.25) is 5.90 Å². The van der Waals surface area contributed by atoms with Crippen molar-refractivity contribution in [3.63, 3.8) is 0 Å². The number of carbonyl (C=O) groups excluding carboxylic acids is 2. The van der Waals surface area contributed by atoms with Crippen molar-refractivity contribution in [3.8, 4) is 11.5 Å². The number of aliphatic imine (C=N–C) groups is 1. The van der Waals surface area contributed by atoms with Crippen LogP contribution in [0.1, 0.15) is 34.0 Å². The number of esters is 2. The fourth-order valence-corrected chi connectivity index (χ4v) is 4.53. The molecule has 1 heterocycles. The lowest BCUT2D eigenvalue weighted by Gasteiger charge is -2.14. The van der Waals surface area contributed by atoms with Crippen LogP contribution >= 0.6 is 54.5 Å².